The number of hydrogen-bond donors (Lipinski definition) is 2. The highest BCUT2D eigenvalue weighted by atomic mass is 16.5. The molecule has 1 aromatic heterocycles. The highest BCUT2D eigenvalue weighted by Gasteiger charge is 2.37. The van der Waals surface area contributed by atoms with E-state index in [0.29, 0.717) is 17.8 Å². The highest BCUT2D eigenvalue weighted by Crippen LogP contribution is 2.38. The zero-order valence-electron chi connectivity index (χ0n) is 14.0. The van der Waals surface area contributed by atoms with Crippen LogP contribution in [0.1, 0.15) is 82.3 Å². The van der Waals surface area contributed by atoms with Crippen molar-refractivity contribution in [2.24, 2.45) is 5.73 Å². The van der Waals surface area contributed by atoms with Crippen LogP contribution in [0.25, 0.3) is 0 Å². The van der Waals surface area contributed by atoms with E-state index in [4.69, 9.17) is 10.3 Å². The molecule has 0 aromatic carbocycles. The molecule has 6 nitrogen and oxygen atoms in total. The maximum absolute atomic E-state index is 12.1. The van der Waals surface area contributed by atoms with E-state index in [9.17, 15) is 4.79 Å². The fourth-order valence-corrected chi connectivity index (χ4v) is 3.91. The molecule has 6 heteroatoms. The quantitative estimate of drug-likeness (QED) is 0.888. The van der Waals surface area contributed by atoms with Crippen LogP contribution >= 0.6 is 0 Å². The summed E-state index contributed by atoms with van der Waals surface area (Å²) in [5.41, 5.74) is 6.08. The summed E-state index contributed by atoms with van der Waals surface area (Å²) in [6, 6.07) is 0.313. The summed E-state index contributed by atoms with van der Waals surface area (Å²) in [5, 5.41) is 7.07. The Morgan fingerprint density at radius 3 is 2.74 bits per heavy atom. The van der Waals surface area contributed by atoms with E-state index in [1.165, 1.54) is 19.3 Å². The van der Waals surface area contributed by atoms with Crippen LogP contribution in [0.4, 0.5) is 0 Å². The molecule has 1 amide bonds. The monoisotopic (exact) mass is 320 g/mol. The SMILES string of the molecule is CC1(N)CCCCC1c1nc(CC(=O)NC2CCCCC2)no1. The molecule has 0 bridgehead atoms. The second kappa shape index (κ2) is 6.99. The summed E-state index contributed by atoms with van der Waals surface area (Å²) in [6.45, 7) is 2.05. The van der Waals surface area contributed by atoms with Crippen molar-refractivity contribution in [1.82, 2.24) is 15.5 Å². The Hall–Kier alpha value is -1.43. The molecule has 2 unspecified atom stereocenters. The Labute approximate surface area is 137 Å². The fraction of sp³-hybridized carbons (Fsp3) is 0.824. The number of aromatic nitrogens is 2. The first-order valence-electron chi connectivity index (χ1n) is 8.95. The summed E-state index contributed by atoms with van der Waals surface area (Å²) < 4.78 is 5.41. The van der Waals surface area contributed by atoms with Crippen molar-refractivity contribution in [3.05, 3.63) is 11.7 Å². The lowest BCUT2D eigenvalue weighted by Crippen LogP contribution is -2.44. The van der Waals surface area contributed by atoms with Gasteiger partial charge < -0.3 is 15.6 Å². The molecule has 0 radical (unpaired) electrons. The van der Waals surface area contributed by atoms with Gasteiger partial charge in [-0.15, -0.1) is 0 Å². The predicted octanol–water partition coefficient (Wildman–Crippen LogP) is 2.44. The summed E-state index contributed by atoms with van der Waals surface area (Å²) in [6.07, 6.45) is 10.3. The first kappa shape index (κ1) is 16.4. The maximum Gasteiger partial charge on any atom is 0.231 e. The van der Waals surface area contributed by atoms with Crippen LogP contribution in [-0.2, 0) is 11.2 Å². The second-order valence-electron chi connectivity index (χ2n) is 7.43. The molecule has 128 valence electrons. The third kappa shape index (κ3) is 4.10. The molecule has 2 aliphatic rings. The van der Waals surface area contributed by atoms with Crippen LogP contribution in [0.5, 0.6) is 0 Å². The average molecular weight is 320 g/mol. The molecule has 23 heavy (non-hydrogen) atoms. The Kier molecular flexibility index (Phi) is 4.99. The maximum atomic E-state index is 12.1. The zero-order chi connectivity index (χ0) is 16.3. The Morgan fingerprint density at radius 2 is 2.00 bits per heavy atom. The summed E-state index contributed by atoms with van der Waals surface area (Å²) in [7, 11) is 0. The first-order chi connectivity index (χ1) is 11.0. The van der Waals surface area contributed by atoms with Crippen LogP contribution in [0.2, 0.25) is 0 Å². The lowest BCUT2D eigenvalue weighted by molar-refractivity contribution is -0.121. The fourth-order valence-electron chi connectivity index (χ4n) is 3.91. The molecule has 2 fully saturated rings. The van der Waals surface area contributed by atoms with Gasteiger partial charge in [-0.25, -0.2) is 0 Å². The van der Waals surface area contributed by atoms with Crippen LogP contribution in [0.15, 0.2) is 4.52 Å². The van der Waals surface area contributed by atoms with Crippen molar-refractivity contribution in [3.8, 4) is 0 Å². The highest BCUT2D eigenvalue weighted by molar-refractivity contribution is 5.78. The van der Waals surface area contributed by atoms with Crippen LogP contribution < -0.4 is 11.1 Å². The second-order valence-corrected chi connectivity index (χ2v) is 7.43. The van der Waals surface area contributed by atoms with Crippen LogP contribution in [0.3, 0.4) is 0 Å². The number of amides is 1. The van der Waals surface area contributed by atoms with Gasteiger partial charge >= 0.3 is 0 Å². The predicted molar refractivity (Wildman–Crippen MR) is 86.8 cm³/mol. The van der Waals surface area contributed by atoms with Gasteiger partial charge in [0.25, 0.3) is 0 Å². The van der Waals surface area contributed by atoms with Gasteiger partial charge in [0.05, 0.1) is 12.3 Å². The average Bonchev–Trinajstić information content (AvgIpc) is 2.95. The Bertz CT molecular complexity index is 534. The van der Waals surface area contributed by atoms with Gasteiger partial charge in [0.15, 0.2) is 5.82 Å². The van der Waals surface area contributed by atoms with Gasteiger partial charge in [-0.1, -0.05) is 37.3 Å². The molecular weight excluding hydrogens is 292 g/mol. The molecule has 2 atom stereocenters. The Morgan fingerprint density at radius 1 is 1.26 bits per heavy atom. The number of nitrogens with zero attached hydrogens (tertiary/aromatic N) is 2. The lowest BCUT2D eigenvalue weighted by atomic mass is 9.74. The summed E-state index contributed by atoms with van der Waals surface area (Å²) in [5.74, 6) is 1.15. The number of nitrogens with two attached hydrogens (primary N) is 1. The van der Waals surface area contributed by atoms with Gasteiger partial charge in [-0.3, -0.25) is 4.79 Å². The van der Waals surface area contributed by atoms with Crippen LogP contribution in [-0.4, -0.2) is 27.6 Å². The van der Waals surface area contributed by atoms with Crippen molar-refractivity contribution in [3.63, 3.8) is 0 Å². The number of nitrogens with one attached hydrogen (secondary N) is 1. The molecule has 1 aromatic rings. The first-order valence-corrected chi connectivity index (χ1v) is 8.95. The van der Waals surface area contributed by atoms with E-state index in [2.05, 4.69) is 22.4 Å². The van der Waals surface area contributed by atoms with E-state index in [1.54, 1.807) is 0 Å². The minimum absolute atomic E-state index is 0.0107. The van der Waals surface area contributed by atoms with Crippen LogP contribution in [0, 0.1) is 0 Å². The molecule has 0 saturated heterocycles. The Balaban J connectivity index is 1.57. The molecule has 2 saturated carbocycles. The third-order valence-electron chi connectivity index (χ3n) is 5.33. The van der Waals surface area contributed by atoms with E-state index in [0.717, 1.165) is 38.5 Å². The van der Waals surface area contributed by atoms with E-state index >= 15 is 0 Å². The summed E-state index contributed by atoms with van der Waals surface area (Å²) >= 11 is 0. The molecule has 1 heterocycles. The number of carbonyl (C=O) groups excluding carboxylic acids is 1. The van der Waals surface area contributed by atoms with Crippen molar-refractivity contribution < 1.29 is 9.32 Å². The van der Waals surface area contributed by atoms with Gasteiger partial charge in [-0.2, -0.15) is 4.98 Å². The molecule has 3 rings (SSSR count). The molecule has 2 aliphatic carbocycles. The summed E-state index contributed by atoms with van der Waals surface area (Å²) in [4.78, 5) is 16.6. The number of rotatable bonds is 4. The van der Waals surface area contributed by atoms with Gasteiger partial charge in [-0.05, 0) is 32.6 Å². The lowest BCUT2D eigenvalue weighted by Gasteiger charge is -2.35. The minimum atomic E-state index is -0.299. The largest absolute Gasteiger partial charge is 0.353 e. The topological polar surface area (TPSA) is 94.0 Å². The standard InChI is InChI=1S/C17H28N4O2/c1-17(18)10-6-5-9-13(17)16-20-14(21-23-16)11-15(22)19-12-7-3-2-4-8-12/h12-13H,2-11,18H2,1H3,(H,19,22). The van der Waals surface area contributed by atoms with E-state index in [1.807, 2.05) is 0 Å². The van der Waals surface area contributed by atoms with Crippen molar-refractivity contribution in [2.75, 3.05) is 0 Å². The molecule has 0 aliphatic heterocycles. The minimum Gasteiger partial charge on any atom is -0.353 e. The van der Waals surface area contributed by atoms with Crippen molar-refractivity contribution in [1.29, 1.82) is 0 Å². The molecule has 0 spiro atoms. The normalized spacial score (nSPS) is 29.4. The molecular formula is C17H28N4O2. The molecule has 3 N–H and O–H groups in total. The number of carbonyl (C=O) groups is 1. The van der Waals surface area contributed by atoms with Crippen molar-refractivity contribution in [2.45, 2.75) is 88.6 Å². The van der Waals surface area contributed by atoms with E-state index in [-0.39, 0.29) is 23.8 Å². The van der Waals surface area contributed by atoms with Gasteiger partial charge in [0.2, 0.25) is 11.8 Å². The van der Waals surface area contributed by atoms with Gasteiger partial charge in [0, 0.05) is 11.6 Å². The van der Waals surface area contributed by atoms with Gasteiger partial charge in [0.1, 0.15) is 0 Å². The van der Waals surface area contributed by atoms with Crippen molar-refractivity contribution >= 4 is 5.91 Å². The number of hydrogen-bond acceptors (Lipinski definition) is 5. The smallest absolute Gasteiger partial charge is 0.231 e. The zero-order valence-corrected chi connectivity index (χ0v) is 14.0. The third-order valence-corrected chi connectivity index (χ3v) is 5.33. The van der Waals surface area contributed by atoms with E-state index < -0.39 is 0 Å².